The second-order valence-electron chi connectivity index (χ2n) is 6.82. The summed E-state index contributed by atoms with van der Waals surface area (Å²) in [5.74, 6) is 1.10. The Bertz CT molecular complexity index is 1160. The minimum Gasteiger partial charge on any atom is -0.490 e. The van der Waals surface area contributed by atoms with Gasteiger partial charge >= 0.3 is 0 Å². The van der Waals surface area contributed by atoms with Gasteiger partial charge in [0.05, 0.1) is 17.7 Å². The third kappa shape index (κ3) is 3.88. The molecule has 4 aromatic rings. The monoisotopic (exact) mass is 441 g/mol. The van der Waals surface area contributed by atoms with Crippen LogP contribution in [0.3, 0.4) is 0 Å². The van der Waals surface area contributed by atoms with Crippen LogP contribution in [0.4, 0.5) is 0 Å². The highest BCUT2D eigenvalue weighted by molar-refractivity contribution is 6.30. The first kappa shape index (κ1) is 20.7. The van der Waals surface area contributed by atoms with Crippen molar-refractivity contribution in [1.82, 2.24) is 14.8 Å². The molecule has 0 spiro atoms. The van der Waals surface area contributed by atoms with E-state index in [0.29, 0.717) is 28.7 Å². The van der Waals surface area contributed by atoms with Crippen LogP contribution in [0.5, 0.6) is 5.75 Å². The predicted octanol–water partition coefficient (Wildman–Crippen LogP) is 5.20. The average Bonchev–Trinajstić information content (AvgIpc) is 3.14. The van der Waals surface area contributed by atoms with Crippen molar-refractivity contribution in [2.24, 2.45) is 0 Å². The standard InChI is InChI=1S/C23H21Cl2N3O2/c1-15-19(11-12-24)22(30-14-13-29)20-21(16-7-9-17(25)10-8-16)27-28(23(20)26-15)18-5-3-2-4-6-18/h2-10,29H,11-14H2,1H3. The molecule has 4 rings (SSSR count). The molecule has 2 heterocycles. The van der Waals surface area contributed by atoms with Gasteiger partial charge in [-0.1, -0.05) is 41.9 Å². The first-order valence-electron chi connectivity index (χ1n) is 9.67. The quantitative estimate of drug-likeness (QED) is 0.400. The molecule has 30 heavy (non-hydrogen) atoms. The Labute approximate surface area is 184 Å². The van der Waals surface area contributed by atoms with Gasteiger partial charge in [0, 0.05) is 27.7 Å². The lowest BCUT2D eigenvalue weighted by molar-refractivity contribution is 0.201. The molecule has 0 saturated carbocycles. The van der Waals surface area contributed by atoms with Gasteiger partial charge in [-0.3, -0.25) is 0 Å². The molecule has 0 aliphatic carbocycles. The van der Waals surface area contributed by atoms with Crippen molar-refractivity contribution in [3.8, 4) is 22.7 Å². The van der Waals surface area contributed by atoms with Gasteiger partial charge < -0.3 is 9.84 Å². The summed E-state index contributed by atoms with van der Waals surface area (Å²) in [5.41, 5.74) is 4.98. The fourth-order valence-corrected chi connectivity index (χ4v) is 3.83. The summed E-state index contributed by atoms with van der Waals surface area (Å²) < 4.78 is 7.86. The smallest absolute Gasteiger partial charge is 0.167 e. The molecule has 0 saturated heterocycles. The van der Waals surface area contributed by atoms with Crippen LogP contribution in [0.1, 0.15) is 11.3 Å². The number of ether oxygens (including phenoxy) is 1. The van der Waals surface area contributed by atoms with Crippen molar-refractivity contribution < 1.29 is 9.84 Å². The molecule has 0 amide bonds. The van der Waals surface area contributed by atoms with Crippen LogP contribution in [-0.4, -0.2) is 39.0 Å². The Morgan fingerprint density at radius 3 is 2.47 bits per heavy atom. The fraction of sp³-hybridized carbons (Fsp3) is 0.217. The van der Waals surface area contributed by atoms with E-state index in [4.69, 9.17) is 38.0 Å². The van der Waals surface area contributed by atoms with Crippen LogP contribution in [0.15, 0.2) is 54.6 Å². The Balaban J connectivity index is 2.07. The zero-order valence-corrected chi connectivity index (χ0v) is 18.0. The van der Waals surface area contributed by atoms with Crippen molar-refractivity contribution in [3.63, 3.8) is 0 Å². The second-order valence-corrected chi connectivity index (χ2v) is 7.63. The minimum atomic E-state index is -0.0910. The lowest BCUT2D eigenvalue weighted by Crippen LogP contribution is -2.08. The van der Waals surface area contributed by atoms with Crippen LogP contribution in [0, 0.1) is 6.92 Å². The summed E-state index contributed by atoms with van der Waals surface area (Å²) in [6.07, 6.45) is 0.605. The zero-order valence-electron chi connectivity index (χ0n) is 16.5. The predicted molar refractivity (Wildman–Crippen MR) is 121 cm³/mol. The highest BCUT2D eigenvalue weighted by atomic mass is 35.5. The summed E-state index contributed by atoms with van der Waals surface area (Å²) in [7, 11) is 0. The number of nitrogens with zero attached hydrogens (tertiary/aromatic N) is 3. The molecule has 0 unspecified atom stereocenters. The third-order valence-corrected chi connectivity index (χ3v) is 5.31. The van der Waals surface area contributed by atoms with Crippen LogP contribution < -0.4 is 4.74 Å². The zero-order chi connectivity index (χ0) is 21.1. The molecular weight excluding hydrogens is 421 g/mol. The highest BCUT2D eigenvalue weighted by Gasteiger charge is 2.23. The van der Waals surface area contributed by atoms with Crippen LogP contribution in [-0.2, 0) is 6.42 Å². The summed E-state index contributed by atoms with van der Waals surface area (Å²) in [4.78, 5) is 4.88. The van der Waals surface area contributed by atoms with Gasteiger partial charge in [-0.2, -0.15) is 5.10 Å². The van der Waals surface area contributed by atoms with Gasteiger partial charge in [-0.05, 0) is 37.6 Å². The number of aryl methyl sites for hydroxylation is 1. The molecular formula is C23H21Cl2N3O2. The number of halogens is 2. The first-order valence-corrected chi connectivity index (χ1v) is 10.6. The van der Waals surface area contributed by atoms with Crippen molar-refractivity contribution in [1.29, 1.82) is 0 Å². The second kappa shape index (κ2) is 9.04. The topological polar surface area (TPSA) is 60.2 Å². The van der Waals surface area contributed by atoms with E-state index in [1.54, 1.807) is 0 Å². The van der Waals surface area contributed by atoms with Crippen molar-refractivity contribution >= 4 is 34.2 Å². The Hall–Kier alpha value is -2.60. The van der Waals surface area contributed by atoms with E-state index >= 15 is 0 Å². The van der Waals surface area contributed by atoms with Gasteiger partial charge in [0.1, 0.15) is 18.1 Å². The maximum atomic E-state index is 9.39. The number of benzene rings is 2. The lowest BCUT2D eigenvalue weighted by Gasteiger charge is -2.15. The van der Waals surface area contributed by atoms with Gasteiger partial charge in [-0.15, -0.1) is 11.6 Å². The number of fused-ring (bicyclic) bond motifs is 1. The molecule has 5 nitrogen and oxygen atoms in total. The maximum Gasteiger partial charge on any atom is 0.167 e. The van der Waals surface area contributed by atoms with Gasteiger partial charge in [0.2, 0.25) is 0 Å². The first-order chi connectivity index (χ1) is 14.6. The summed E-state index contributed by atoms with van der Waals surface area (Å²) in [5, 5.41) is 15.7. The highest BCUT2D eigenvalue weighted by Crippen LogP contribution is 2.39. The molecule has 1 N–H and O–H groups in total. The Morgan fingerprint density at radius 2 is 1.80 bits per heavy atom. The van der Waals surface area contributed by atoms with Crippen molar-refractivity contribution in [2.45, 2.75) is 13.3 Å². The Morgan fingerprint density at radius 1 is 1.07 bits per heavy atom. The molecule has 154 valence electrons. The molecule has 0 aliphatic rings. The molecule has 0 bridgehead atoms. The number of para-hydroxylation sites is 1. The number of hydrogen-bond donors (Lipinski definition) is 1. The lowest BCUT2D eigenvalue weighted by atomic mass is 10.0. The van der Waals surface area contributed by atoms with Gasteiger partial charge in [-0.25, -0.2) is 9.67 Å². The molecule has 0 radical (unpaired) electrons. The normalized spacial score (nSPS) is 11.2. The molecule has 0 atom stereocenters. The third-order valence-electron chi connectivity index (χ3n) is 4.87. The van der Waals surface area contributed by atoms with Crippen molar-refractivity contribution in [3.05, 3.63) is 70.9 Å². The largest absolute Gasteiger partial charge is 0.490 e. The summed E-state index contributed by atoms with van der Waals surface area (Å²) in [6.45, 7) is 2.02. The van der Waals surface area contributed by atoms with E-state index in [1.165, 1.54) is 0 Å². The number of aliphatic hydroxyl groups is 1. The number of hydrogen-bond acceptors (Lipinski definition) is 4. The number of aromatic nitrogens is 3. The SMILES string of the molecule is Cc1nc2c(c(-c3ccc(Cl)cc3)nn2-c2ccccc2)c(OCCO)c1CCCl. The van der Waals surface area contributed by atoms with E-state index in [2.05, 4.69) is 0 Å². The van der Waals surface area contributed by atoms with Crippen molar-refractivity contribution in [2.75, 3.05) is 19.1 Å². The van der Waals surface area contributed by atoms with Gasteiger partial charge in [0.25, 0.3) is 0 Å². The van der Waals surface area contributed by atoms with Crippen LogP contribution in [0.25, 0.3) is 28.0 Å². The van der Waals surface area contributed by atoms with Gasteiger partial charge in [0.15, 0.2) is 5.65 Å². The number of aliphatic hydroxyl groups excluding tert-OH is 1. The molecule has 0 fully saturated rings. The molecule has 2 aromatic carbocycles. The summed E-state index contributed by atoms with van der Waals surface area (Å²) in [6, 6.07) is 17.4. The van der Waals surface area contributed by atoms with E-state index in [1.807, 2.05) is 66.2 Å². The van der Waals surface area contributed by atoms with E-state index < -0.39 is 0 Å². The molecule has 0 aliphatic heterocycles. The minimum absolute atomic E-state index is 0.0910. The number of rotatable bonds is 7. The van der Waals surface area contributed by atoms with E-state index in [9.17, 15) is 5.11 Å². The number of alkyl halides is 1. The molecule has 2 aromatic heterocycles. The fourth-order valence-electron chi connectivity index (χ4n) is 3.52. The Kier molecular flexibility index (Phi) is 6.23. The molecule has 7 heteroatoms. The van der Waals surface area contributed by atoms with Crippen LogP contribution in [0.2, 0.25) is 5.02 Å². The van der Waals surface area contributed by atoms with E-state index in [-0.39, 0.29) is 13.2 Å². The number of pyridine rings is 1. The maximum absolute atomic E-state index is 9.39. The summed E-state index contributed by atoms with van der Waals surface area (Å²) >= 11 is 12.2. The average molecular weight is 442 g/mol. The van der Waals surface area contributed by atoms with Crippen LogP contribution >= 0.6 is 23.2 Å². The van der Waals surface area contributed by atoms with E-state index in [0.717, 1.165) is 33.6 Å².